The Hall–Kier alpha value is -3.25. The van der Waals surface area contributed by atoms with Crippen LogP contribution in [0.25, 0.3) is 11.3 Å². The second-order valence-electron chi connectivity index (χ2n) is 10.1. The third kappa shape index (κ3) is 5.54. The Morgan fingerprint density at radius 3 is 2.78 bits per heavy atom. The van der Waals surface area contributed by atoms with Crippen molar-refractivity contribution in [2.45, 2.75) is 39.3 Å². The third-order valence-electron chi connectivity index (χ3n) is 6.70. The molecule has 0 saturated carbocycles. The van der Waals surface area contributed by atoms with Crippen molar-refractivity contribution in [3.63, 3.8) is 0 Å². The van der Waals surface area contributed by atoms with E-state index in [0.717, 1.165) is 50.9 Å². The van der Waals surface area contributed by atoms with Gasteiger partial charge in [0.05, 0.1) is 6.20 Å². The van der Waals surface area contributed by atoms with Crippen LogP contribution in [-0.2, 0) is 13.0 Å². The molecule has 0 fully saturated rings. The number of nitrogens with one attached hydrogen (secondary N) is 2. The van der Waals surface area contributed by atoms with Crippen molar-refractivity contribution in [3.05, 3.63) is 53.4 Å². The number of anilines is 3. The molecule has 1 aromatic carbocycles. The zero-order valence-corrected chi connectivity index (χ0v) is 21.7. The van der Waals surface area contributed by atoms with Gasteiger partial charge in [-0.05, 0) is 71.2 Å². The smallest absolute Gasteiger partial charge is 0.229 e. The number of hydrogen-bond acceptors (Lipinski definition) is 8. The molecule has 0 radical (unpaired) electrons. The first-order valence-corrected chi connectivity index (χ1v) is 12.7. The van der Waals surface area contributed by atoms with Gasteiger partial charge in [-0.3, -0.25) is 9.91 Å². The molecule has 2 aromatic heterocycles. The van der Waals surface area contributed by atoms with E-state index in [4.69, 9.17) is 4.98 Å². The summed E-state index contributed by atoms with van der Waals surface area (Å²) in [6, 6.07) is 7.10. The Morgan fingerprint density at radius 1 is 1.16 bits per heavy atom. The number of nitrogens with two attached hydrogens (primary N) is 1. The predicted molar refractivity (Wildman–Crippen MR) is 139 cm³/mol. The summed E-state index contributed by atoms with van der Waals surface area (Å²) in [5.74, 6) is -0.259. The van der Waals surface area contributed by atoms with Gasteiger partial charge in [0.15, 0.2) is 11.6 Å². The molecular formula is C26H34F2N9+. The molecule has 0 unspecified atom stereocenters. The number of nitrogens with zero attached hydrogens (tertiary/aromatic N) is 6. The summed E-state index contributed by atoms with van der Waals surface area (Å²) in [7, 11) is 4.19. The van der Waals surface area contributed by atoms with Crippen LogP contribution in [0.4, 0.5) is 31.9 Å². The first kappa shape index (κ1) is 25.4. The lowest BCUT2D eigenvalue weighted by Crippen LogP contribution is -2.88. The Morgan fingerprint density at radius 2 is 2.00 bits per heavy atom. The summed E-state index contributed by atoms with van der Waals surface area (Å²) in [6.07, 6.45) is 3.11. The Labute approximate surface area is 215 Å². The normalized spacial score (nSPS) is 15.4. The van der Waals surface area contributed by atoms with Crippen LogP contribution >= 0.6 is 0 Å². The number of pyridine rings is 1. The number of aromatic nitrogens is 3. The highest BCUT2D eigenvalue weighted by atomic mass is 19.1. The molecule has 2 aliphatic heterocycles. The molecule has 196 valence electrons. The third-order valence-corrected chi connectivity index (χ3v) is 6.70. The zero-order valence-electron chi connectivity index (χ0n) is 21.7. The fourth-order valence-electron chi connectivity index (χ4n) is 4.80. The van der Waals surface area contributed by atoms with Crippen LogP contribution in [0, 0.1) is 11.6 Å². The van der Waals surface area contributed by atoms with E-state index < -0.39 is 11.6 Å². The lowest BCUT2D eigenvalue weighted by molar-refractivity contribution is -0.627. The van der Waals surface area contributed by atoms with Gasteiger partial charge in [0.1, 0.15) is 17.2 Å². The lowest BCUT2D eigenvalue weighted by atomic mass is 10.1. The monoisotopic (exact) mass is 510 g/mol. The van der Waals surface area contributed by atoms with Gasteiger partial charge in [-0.1, -0.05) is 11.6 Å². The van der Waals surface area contributed by atoms with Crippen molar-refractivity contribution in [2.24, 2.45) is 0 Å². The number of fused-ring (bicyclic) bond motifs is 2. The van der Waals surface area contributed by atoms with E-state index in [1.165, 1.54) is 11.6 Å². The quantitative estimate of drug-likeness (QED) is 0.315. The average Bonchev–Trinajstić information content (AvgIpc) is 3.30. The Bertz CT molecular complexity index is 1280. The van der Waals surface area contributed by atoms with Crippen LogP contribution in [0.1, 0.15) is 31.5 Å². The van der Waals surface area contributed by atoms with Crippen LogP contribution in [-0.4, -0.2) is 64.5 Å². The van der Waals surface area contributed by atoms with Crippen molar-refractivity contribution in [2.75, 3.05) is 44.1 Å². The highest BCUT2D eigenvalue weighted by molar-refractivity contribution is 5.75. The lowest BCUT2D eigenvalue weighted by Gasteiger charge is -2.28. The highest BCUT2D eigenvalue weighted by Gasteiger charge is 2.30. The molecule has 0 atom stereocenters. The van der Waals surface area contributed by atoms with E-state index >= 15 is 0 Å². The molecule has 0 bridgehead atoms. The van der Waals surface area contributed by atoms with Gasteiger partial charge in [-0.15, -0.1) is 0 Å². The molecule has 0 aliphatic carbocycles. The second-order valence-corrected chi connectivity index (χ2v) is 10.1. The molecular weight excluding hydrogens is 476 g/mol. The molecule has 0 spiro atoms. The van der Waals surface area contributed by atoms with E-state index in [1.54, 1.807) is 11.5 Å². The number of hydrogen-bond donors (Lipinski definition) is 3. The molecule has 9 nitrogen and oxygen atoms in total. The predicted octanol–water partition coefficient (Wildman–Crippen LogP) is 2.71. The van der Waals surface area contributed by atoms with Crippen molar-refractivity contribution < 1.29 is 14.2 Å². The summed E-state index contributed by atoms with van der Waals surface area (Å²) in [5, 5.41) is 4.94. The van der Waals surface area contributed by atoms with Crippen molar-refractivity contribution >= 4 is 23.1 Å². The van der Waals surface area contributed by atoms with E-state index in [1.807, 2.05) is 24.9 Å². The molecule has 0 amide bonds. The first-order chi connectivity index (χ1) is 17.8. The van der Waals surface area contributed by atoms with Crippen LogP contribution in [0.3, 0.4) is 0 Å². The number of quaternary nitrogens is 1. The number of hydrazine groups is 1. The van der Waals surface area contributed by atoms with Crippen LogP contribution < -0.4 is 21.3 Å². The summed E-state index contributed by atoms with van der Waals surface area (Å²) in [4.78, 5) is 17.9. The number of rotatable bonds is 8. The summed E-state index contributed by atoms with van der Waals surface area (Å²) in [5.41, 5.74) is 8.40. The molecule has 11 heteroatoms. The SMILES string of the molecule is CC(C)N1N[NH2+]c2c(F)cc(-c3nc(Nc4ccc5c(n4)CCN(CCCN(C)C)C5)ncc3F)cc21. The van der Waals surface area contributed by atoms with Gasteiger partial charge in [-0.25, -0.2) is 29.2 Å². The van der Waals surface area contributed by atoms with Gasteiger partial charge in [0, 0.05) is 36.8 Å². The molecule has 4 N–H and O–H groups in total. The maximum absolute atomic E-state index is 14.8. The second kappa shape index (κ2) is 10.6. The van der Waals surface area contributed by atoms with Crippen molar-refractivity contribution in [1.82, 2.24) is 30.3 Å². The average molecular weight is 511 g/mol. The van der Waals surface area contributed by atoms with Crippen molar-refractivity contribution in [1.29, 1.82) is 0 Å². The highest BCUT2D eigenvalue weighted by Crippen LogP contribution is 2.34. The van der Waals surface area contributed by atoms with E-state index in [-0.39, 0.29) is 17.7 Å². The van der Waals surface area contributed by atoms with E-state index in [9.17, 15) is 8.78 Å². The molecule has 3 aromatic rings. The van der Waals surface area contributed by atoms with Gasteiger partial charge in [0.2, 0.25) is 11.6 Å². The largest absolute Gasteiger partial charge is 0.309 e. The van der Waals surface area contributed by atoms with Crippen molar-refractivity contribution in [3.8, 4) is 11.3 Å². The number of halogens is 2. The fourth-order valence-corrected chi connectivity index (χ4v) is 4.80. The number of benzene rings is 1. The van der Waals surface area contributed by atoms with Gasteiger partial charge in [0.25, 0.3) is 0 Å². The van der Waals surface area contributed by atoms with Gasteiger partial charge < -0.3 is 10.2 Å². The fraction of sp³-hybridized carbons (Fsp3) is 0.423. The first-order valence-electron chi connectivity index (χ1n) is 12.7. The van der Waals surface area contributed by atoms with Gasteiger partial charge in [-0.2, -0.15) is 0 Å². The molecule has 5 rings (SSSR count). The molecule has 4 heterocycles. The zero-order chi connectivity index (χ0) is 26.1. The van der Waals surface area contributed by atoms with Gasteiger partial charge >= 0.3 is 0 Å². The standard InChI is InChI=1S/C26H33F2N9/c1-16(2)37-22-13-18(12-19(27)25(22)33-34-37)24-20(28)14-29-26(32-24)31-23-7-6-17-15-36(10-5-9-35(3)4)11-8-21(17)30-23/h6-7,12-14,16,33-34H,5,8-11,15H2,1-4H3,(H,29,30,31,32)/p+1. The molecule has 37 heavy (non-hydrogen) atoms. The topological polar surface area (TPSA) is 89.1 Å². The van der Waals surface area contributed by atoms with Crippen LogP contribution in [0.2, 0.25) is 0 Å². The minimum atomic E-state index is -0.622. The minimum absolute atomic E-state index is 0.0288. The molecule has 0 saturated heterocycles. The Balaban J connectivity index is 1.33. The van der Waals surface area contributed by atoms with E-state index in [0.29, 0.717) is 22.8 Å². The summed E-state index contributed by atoms with van der Waals surface area (Å²) < 4.78 is 29.6. The maximum Gasteiger partial charge on any atom is 0.229 e. The van der Waals surface area contributed by atoms with Crippen LogP contribution in [0.15, 0.2) is 30.5 Å². The van der Waals surface area contributed by atoms with E-state index in [2.05, 4.69) is 50.8 Å². The molecule has 2 aliphatic rings. The summed E-state index contributed by atoms with van der Waals surface area (Å²) >= 11 is 0. The summed E-state index contributed by atoms with van der Waals surface area (Å²) in [6.45, 7) is 7.97. The maximum atomic E-state index is 14.8. The van der Waals surface area contributed by atoms with Crippen LogP contribution in [0.5, 0.6) is 0 Å². The minimum Gasteiger partial charge on any atom is -0.309 e. The Kier molecular flexibility index (Phi) is 7.29.